The van der Waals surface area contributed by atoms with Crippen molar-refractivity contribution in [3.63, 3.8) is 0 Å². The van der Waals surface area contributed by atoms with Crippen molar-refractivity contribution in [1.82, 2.24) is 0 Å². The summed E-state index contributed by atoms with van der Waals surface area (Å²) in [4.78, 5) is 18.8. The van der Waals surface area contributed by atoms with Gasteiger partial charge < -0.3 is 19.6 Å². The minimum Gasteiger partial charge on any atom is -0.450 e. The number of rotatable bonds is 24. The molecule has 0 aliphatic heterocycles. The fourth-order valence-electron chi connectivity index (χ4n) is 3.58. The first kappa shape index (κ1) is 35.4. The first-order chi connectivity index (χ1) is 15.9. The topological polar surface area (TPSA) is 87.0 Å². The Balaban J connectivity index is 0. The van der Waals surface area contributed by atoms with Crippen molar-refractivity contribution < 1.29 is 24.4 Å². The maximum Gasteiger partial charge on any atom is 0.503 e. The number of carboxylic acid groups (broad SMARTS) is 2. The molecule has 0 saturated carbocycles. The Morgan fingerprint density at radius 2 is 0.970 bits per heavy atom. The molecule has 0 radical (unpaired) electrons. The summed E-state index contributed by atoms with van der Waals surface area (Å²) in [5.41, 5.74) is -2.60. The van der Waals surface area contributed by atoms with Gasteiger partial charge in [-0.1, -0.05) is 141 Å². The second-order valence-corrected chi connectivity index (χ2v) is 15.1. The number of unbranched alkanes of at least 4 members (excludes halogenated alkanes) is 18. The molecule has 33 heavy (non-hydrogen) atoms. The second-order valence-electron chi connectivity index (χ2n) is 8.78. The van der Waals surface area contributed by atoms with Crippen molar-refractivity contribution in [3.05, 3.63) is 0 Å². The van der Waals surface area contributed by atoms with E-state index in [9.17, 15) is 4.89 Å². The third-order valence-corrected chi connectivity index (χ3v) is 9.92. The van der Waals surface area contributed by atoms with Gasteiger partial charge in [-0.3, -0.25) is 0 Å². The molecule has 200 valence electrons. The summed E-state index contributed by atoms with van der Waals surface area (Å²) in [5.74, 6) is 0.947. The van der Waals surface area contributed by atoms with Crippen LogP contribution in [0.1, 0.15) is 142 Å². The predicted octanol–water partition coefficient (Wildman–Crippen LogP) is 10.0. The molecule has 8 heteroatoms. The number of carbonyl (C=O) groups is 1. The molecule has 0 aromatic carbocycles. The van der Waals surface area contributed by atoms with E-state index in [2.05, 4.69) is 13.8 Å². The molecular formula is C25H53O5PS2. The summed E-state index contributed by atoms with van der Waals surface area (Å²) in [6.45, 7) is 5.17. The molecule has 0 aromatic rings. The lowest BCUT2D eigenvalue weighted by molar-refractivity contribution is 0.137. The Bertz CT molecular complexity index is 419. The quantitative estimate of drug-likeness (QED) is 0.0848. The van der Waals surface area contributed by atoms with Crippen molar-refractivity contribution >= 4 is 35.0 Å². The van der Waals surface area contributed by atoms with Crippen molar-refractivity contribution in [2.75, 3.05) is 12.4 Å². The third-order valence-electron chi connectivity index (χ3n) is 5.50. The van der Waals surface area contributed by atoms with Crippen LogP contribution in [0.25, 0.3) is 0 Å². The highest BCUT2D eigenvalue weighted by atomic mass is 32.9. The van der Waals surface area contributed by atoms with E-state index in [1.165, 1.54) is 127 Å². The molecule has 0 heterocycles. The largest absolute Gasteiger partial charge is 0.503 e. The number of hydrogen-bond acceptors (Lipinski definition) is 4. The third kappa shape index (κ3) is 36.9. The Morgan fingerprint density at radius 1 is 0.667 bits per heavy atom. The lowest BCUT2D eigenvalue weighted by Crippen LogP contribution is -1.92. The molecule has 0 amide bonds. The van der Waals surface area contributed by atoms with Gasteiger partial charge in [0.05, 0.1) is 6.61 Å². The van der Waals surface area contributed by atoms with Crippen LogP contribution in [0.15, 0.2) is 0 Å². The van der Waals surface area contributed by atoms with Crippen LogP contribution >= 0.6 is 17.1 Å². The molecule has 0 bridgehead atoms. The molecule has 0 saturated heterocycles. The Morgan fingerprint density at radius 3 is 1.33 bits per heavy atom. The van der Waals surface area contributed by atoms with Gasteiger partial charge in [-0.25, -0.2) is 4.79 Å². The lowest BCUT2D eigenvalue weighted by Gasteiger charge is -2.14. The van der Waals surface area contributed by atoms with Crippen molar-refractivity contribution in [2.45, 2.75) is 142 Å². The van der Waals surface area contributed by atoms with Gasteiger partial charge in [0.2, 0.25) is 5.69 Å². The van der Waals surface area contributed by atoms with Crippen molar-refractivity contribution in [1.29, 1.82) is 0 Å². The first-order valence-electron chi connectivity index (χ1n) is 13.4. The molecule has 5 nitrogen and oxygen atoms in total. The molecule has 0 rings (SSSR count). The van der Waals surface area contributed by atoms with Crippen molar-refractivity contribution in [3.8, 4) is 0 Å². The molecule has 0 aliphatic carbocycles. The Kier molecular flexibility index (Phi) is 30.5. The second kappa shape index (κ2) is 28.4. The summed E-state index contributed by atoms with van der Waals surface area (Å²) in [7, 11) is 0. The molecule has 0 aliphatic rings. The zero-order chi connectivity index (χ0) is 25.0. The van der Waals surface area contributed by atoms with Crippen LogP contribution in [0, 0.1) is 0 Å². The molecular weight excluding hydrogens is 475 g/mol. The maximum absolute atomic E-state index is 10.3. The summed E-state index contributed by atoms with van der Waals surface area (Å²) < 4.78 is 5.64. The normalized spacial score (nSPS) is 12.7. The van der Waals surface area contributed by atoms with Crippen LogP contribution in [0.5, 0.6) is 0 Å². The van der Waals surface area contributed by atoms with Gasteiger partial charge in [0.15, 0.2) is 0 Å². The molecule has 1 unspecified atom stereocenters. The van der Waals surface area contributed by atoms with E-state index in [4.69, 9.17) is 31.3 Å². The highest BCUT2D eigenvalue weighted by Gasteiger charge is 2.13. The van der Waals surface area contributed by atoms with Gasteiger partial charge >= 0.3 is 6.16 Å². The average molecular weight is 529 g/mol. The van der Waals surface area contributed by atoms with Crippen LogP contribution < -0.4 is 0 Å². The van der Waals surface area contributed by atoms with Crippen LogP contribution in [0.3, 0.4) is 0 Å². The minimum atomic E-state index is -2.60. The minimum absolute atomic E-state index is 0.634. The molecule has 0 fully saturated rings. The highest BCUT2D eigenvalue weighted by Crippen LogP contribution is 2.56. The summed E-state index contributed by atoms with van der Waals surface area (Å²) in [5, 5.41) is 13.9. The monoisotopic (exact) mass is 528 g/mol. The standard InChI is InChI=1S/C24H51O2PS2.CH2O3/c1-3-5-7-9-11-13-15-17-19-21-23-26-27(25,28)29-24-22-20-18-16-14-12-10-8-6-4-2;2-1(3)4/h3-24H2,1-2H3,(H,25,28);(H2,2,3,4). The zero-order valence-corrected chi connectivity index (χ0v) is 24.0. The zero-order valence-electron chi connectivity index (χ0n) is 21.5. The Hall–Kier alpha value is 0.190. The SMILES string of the molecule is CCCCCCCCCCCCOP(O)(=S)SCCCCCCCCCCCC.O=C(O)O. The van der Waals surface area contributed by atoms with Crippen LogP contribution in [0.4, 0.5) is 4.79 Å². The highest BCUT2D eigenvalue weighted by molar-refractivity contribution is 8.67. The summed E-state index contributed by atoms with van der Waals surface area (Å²) in [6.07, 6.45) is 24.8. The van der Waals surface area contributed by atoms with E-state index < -0.39 is 11.8 Å². The van der Waals surface area contributed by atoms with E-state index in [1.54, 1.807) is 0 Å². The fraction of sp³-hybridized carbons (Fsp3) is 0.960. The van der Waals surface area contributed by atoms with E-state index in [0.29, 0.717) is 6.61 Å². The Labute approximate surface area is 213 Å². The maximum atomic E-state index is 10.3. The smallest absolute Gasteiger partial charge is 0.450 e. The van der Waals surface area contributed by atoms with Gasteiger partial charge in [-0.05, 0) is 24.6 Å². The van der Waals surface area contributed by atoms with Crippen LogP contribution in [-0.4, -0.2) is 33.6 Å². The van der Waals surface area contributed by atoms with Gasteiger partial charge in [0, 0.05) is 5.75 Å². The van der Waals surface area contributed by atoms with Gasteiger partial charge in [-0.2, -0.15) is 0 Å². The molecule has 0 aromatic heterocycles. The predicted molar refractivity (Wildman–Crippen MR) is 149 cm³/mol. The van der Waals surface area contributed by atoms with E-state index >= 15 is 0 Å². The van der Waals surface area contributed by atoms with Gasteiger partial charge in [0.1, 0.15) is 0 Å². The van der Waals surface area contributed by atoms with E-state index in [-0.39, 0.29) is 0 Å². The van der Waals surface area contributed by atoms with E-state index in [0.717, 1.165) is 18.6 Å². The summed E-state index contributed by atoms with van der Waals surface area (Å²) in [6, 6.07) is 0. The lowest BCUT2D eigenvalue weighted by atomic mass is 10.1. The van der Waals surface area contributed by atoms with Crippen molar-refractivity contribution in [2.24, 2.45) is 0 Å². The summed E-state index contributed by atoms with van der Waals surface area (Å²) >= 11 is 6.79. The molecule has 3 N–H and O–H groups in total. The first-order valence-corrected chi connectivity index (χ1v) is 17.7. The van der Waals surface area contributed by atoms with E-state index in [1.807, 2.05) is 0 Å². The van der Waals surface area contributed by atoms with Gasteiger partial charge in [0.25, 0.3) is 0 Å². The van der Waals surface area contributed by atoms with Crippen LogP contribution in [0.2, 0.25) is 0 Å². The van der Waals surface area contributed by atoms with Gasteiger partial charge in [-0.15, -0.1) is 0 Å². The van der Waals surface area contributed by atoms with Crippen LogP contribution in [-0.2, 0) is 16.3 Å². The molecule has 0 spiro atoms. The fourth-order valence-corrected chi connectivity index (χ4v) is 7.00. The average Bonchev–Trinajstić information content (AvgIpc) is 2.75. The number of hydrogen-bond donors (Lipinski definition) is 3. The molecule has 1 atom stereocenters.